The van der Waals surface area contributed by atoms with Gasteiger partial charge in [-0.1, -0.05) is 22.0 Å². The second-order valence-electron chi connectivity index (χ2n) is 3.84. The molecule has 0 aliphatic heterocycles. The SMILES string of the molecule is CCn1ncc(Br)c1C(N)c1ccc(Br)cc1F. The third-order valence-corrected chi connectivity index (χ3v) is 3.83. The minimum atomic E-state index is -0.546. The Balaban J connectivity index is 2.47. The first kappa shape index (κ1) is 13.7. The lowest BCUT2D eigenvalue weighted by atomic mass is 10.0. The zero-order valence-electron chi connectivity index (χ0n) is 9.70. The minimum absolute atomic E-state index is 0.326. The highest BCUT2D eigenvalue weighted by molar-refractivity contribution is 9.10. The van der Waals surface area contributed by atoms with Crippen molar-refractivity contribution >= 4 is 31.9 Å². The maximum absolute atomic E-state index is 13.9. The van der Waals surface area contributed by atoms with Gasteiger partial charge in [0.05, 0.1) is 22.4 Å². The maximum Gasteiger partial charge on any atom is 0.129 e. The molecular formula is C12H12Br2FN3. The molecule has 0 aliphatic rings. The van der Waals surface area contributed by atoms with E-state index in [-0.39, 0.29) is 5.82 Å². The van der Waals surface area contributed by atoms with Gasteiger partial charge in [0.1, 0.15) is 5.82 Å². The van der Waals surface area contributed by atoms with E-state index < -0.39 is 6.04 Å². The van der Waals surface area contributed by atoms with Gasteiger partial charge < -0.3 is 5.73 Å². The topological polar surface area (TPSA) is 43.8 Å². The van der Waals surface area contributed by atoms with Crippen molar-refractivity contribution in [2.24, 2.45) is 5.73 Å². The molecule has 2 aromatic rings. The summed E-state index contributed by atoms with van der Waals surface area (Å²) in [5.74, 6) is -0.326. The van der Waals surface area contributed by atoms with Crippen LogP contribution in [0.1, 0.15) is 24.2 Å². The van der Waals surface area contributed by atoms with E-state index >= 15 is 0 Å². The summed E-state index contributed by atoms with van der Waals surface area (Å²) in [7, 11) is 0. The normalized spacial score (nSPS) is 12.7. The van der Waals surface area contributed by atoms with Gasteiger partial charge in [-0.3, -0.25) is 4.68 Å². The zero-order valence-corrected chi connectivity index (χ0v) is 12.9. The van der Waals surface area contributed by atoms with Gasteiger partial charge in [0.2, 0.25) is 0 Å². The van der Waals surface area contributed by atoms with Crippen LogP contribution in [0.15, 0.2) is 33.3 Å². The summed E-state index contributed by atoms with van der Waals surface area (Å²) < 4.78 is 17.1. The lowest BCUT2D eigenvalue weighted by Gasteiger charge is -2.15. The largest absolute Gasteiger partial charge is 0.319 e. The van der Waals surface area contributed by atoms with E-state index in [0.29, 0.717) is 16.6 Å². The quantitative estimate of drug-likeness (QED) is 0.889. The number of rotatable bonds is 3. The van der Waals surface area contributed by atoms with E-state index in [2.05, 4.69) is 37.0 Å². The van der Waals surface area contributed by atoms with Crippen LogP contribution in [0.3, 0.4) is 0 Å². The van der Waals surface area contributed by atoms with E-state index in [1.807, 2.05) is 6.92 Å². The molecule has 0 saturated carbocycles. The summed E-state index contributed by atoms with van der Waals surface area (Å²) in [6.45, 7) is 2.65. The van der Waals surface area contributed by atoms with Gasteiger partial charge >= 0.3 is 0 Å². The molecule has 0 spiro atoms. The minimum Gasteiger partial charge on any atom is -0.319 e. The number of nitrogens with two attached hydrogens (primary N) is 1. The van der Waals surface area contributed by atoms with Crippen LogP contribution in [0.5, 0.6) is 0 Å². The first-order valence-electron chi connectivity index (χ1n) is 5.46. The molecule has 0 bridgehead atoms. The highest BCUT2D eigenvalue weighted by Gasteiger charge is 2.20. The summed E-state index contributed by atoms with van der Waals surface area (Å²) in [6, 6.07) is 4.33. The molecule has 1 atom stereocenters. The van der Waals surface area contributed by atoms with E-state index in [4.69, 9.17) is 5.73 Å². The van der Waals surface area contributed by atoms with Crippen molar-refractivity contribution in [1.29, 1.82) is 0 Å². The summed E-state index contributed by atoms with van der Waals surface area (Å²) in [5, 5.41) is 4.19. The molecule has 0 fully saturated rings. The Morgan fingerprint density at radius 1 is 1.44 bits per heavy atom. The average Bonchev–Trinajstić information content (AvgIpc) is 2.69. The molecule has 1 aromatic carbocycles. The molecule has 2 rings (SSSR count). The lowest BCUT2D eigenvalue weighted by molar-refractivity contribution is 0.566. The molecule has 3 nitrogen and oxygen atoms in total. The Kier molecular flexibility index (Phi) is 4.19. The van der Waals surface area contributed by atoms with Crippen molar-refractivity contribution in [2.45, 2.75) is 19.5 Å². The predicted octanol–water partition coefficient (Wildman–Crippen LogP) is 3.62. The smallest absolute Gasteiger partial charge is 0.129 e. The summed E-state index contributed by atoms with van der Waals surface area (Å²) in [4.78, 5) is 0. The van der Waals surface area contributed by atoms with E-state index in [9.17, 15) is 4.39 Å². The fraction of sp³-hybridized carbons (Fsp3) is 0.250. The first-order valence-corrected chi connectivity index (χ1v) is 7.05. The summed E-state index contributed by atoms with van der Waals surface area (Å²) >= 11 is 6.63. The molecular weight excluding hydrogens is 365 g/mol. The van der Waals surface area contributed by atoms with Gasteiger partial charge in [-0.15, -0.1) is 0 Å². The van der Waals surface area contributed by atoms with Crippen molar-refractivity contribution in [1.82, 2.24) is 9.78 Å². The lowest BCUT2D eigenvalue weighted by Crippen LogP contribution is -2.19. The number of halogens is 3. The molecule has 2 N–H and O–H groups in total. The average molecular weight is 377 g/mol. The van der Waals surface area contributed by atoms with Gasteiger partial charge in [-0.25, -0.2) is 4.39 Å². The van der Waals surface area contributed by atoms with Crippen LogP contribution in [0.4, 0.5) is 4.39 Å². The number of benzene rings is 1. The van der Waals surface area contributed by atoms with Gasteiger partial charge in [0.25, 0.3) is 0 Å². The van der Waals surface area contributed by atoms with Crippen LogP contribution in [0, 0.1) is 5.82 Å². The predicted molar refractivity (Wildman–Crippen MR) is 75.7 cm³/mol. The molecule has 1 aromatic heterocycles. The van der Waals surface area contributed by atoms with Gasteiger partial charge in [-0.05, 0) is 35.0 Å². The first-order chi connectivity index (χ1) is 8.54. The summed E-state index contributed by atoms with van der Waals surface area (Å²) in [6.07, 6.45) is 1.68. The van der Waals surface area contributed by atoms with Crippen molar-refractivity contribution in [2.75, 3.05) is 0 Å². The van der Waals surface area contributed by atoms with Crippen LogP contribution in [-0.2, 0) is 6.54 Å². The fourth-order valence-electron chi connectivity index (χ4n) is 1.83. The molecule has 0 radical (unpaired) electrons. The van der Waals surface area contributed by atoms with Crippen LogP contribution in [0.25, 0.3) is 0 Å². The van der Waals surface area contributed by atoms with Gasteiger partial charge in [0.15, 0.2) is 0 Å². The number of hydrogen-bond acceptors (Lipinski definition) is 2. The van der Waals surface area contributed by atoms with Gasteiger partial charge in [-0.2, -0.15) is 5.10 Å². The Labute approximate surface area is 121 Å². The molecule has 6 heteroatoms. The summed E-state index contributed by atoms with van der Waals surface area (Å²) in [5.41, 5.74) is 7.37. The third-order valence-electron chi connectivity index (χ3n) is 2.72. The van der Waals surface area contributed by atoms with Crippen LogP contribution in [-0.4, -0.2) is 9.78 Å². The third kappa shape index (κ3) is 2.50. The molecule has 0 saturated heterocycles. The second-order valence-corrected chi connectivity index (χ2v) is 5.61. The van der Waals surface area contributed by atoms with Crippen LogP contribution < -0.4 is 5.73 Å². The van der Waals surface area contributed by atoms with E-state index in [0.717, 1.165) is 10.2 Å². The molecule has 1 heterocycles. The highest BCUT2D eigenvalue weighted by atomic mass is 79.9. The number of aromatic nitrogens is 2. The van der Waals surface area contributed by atoms with Gasteiger partial charge in [0, 0.05) is 16.6 Å². The Morgan fingerprint density at radius 2 is 2.17 bits per heavy atom. The molecule has 1 unspecified atom stereocenters. The molecule has 18 heavy (non-hydrogen) atoms. The standard InChI is InChI=1S/C12H12Br2FN3/c1-2-18-12(9(14)6-17-18)11(16)8-4-3-7(13)5-10(8)15/h3-6,11H,2,16H2,1H3. The van der Waals surface area contributed by atoms with E-state index in [1.54, 1.807) is 23.0 Å². The van der Waals surface area contributed by atoms with Crippen molar-refractivity contribution in [3.05, 3.63) is 50.4 Å². The van der Waals surface area contributed by atoms with E-state index in [1.165, 1.54) is 6.07 Å². The maximum atomic E-state index is 13.9. The van der Waals surface area contributed by atoms with Crippen LogP contribution >= 0.6 is 31.9 Å². The molecule has 0 amide bonds. The highest BCUT2D eigenvalue weighted by Crippen LogP contribution is 2.29. The monoisotopic (exact) mass is 375 g/mol. The number of nitrogens with zero attached hydrogens (tertiary/aromatic N) is 2. The number of hydrogen-bond donors (Lipinski definition) is 1. The Bertz CT molecular complexity index is 568. The fourth-order valence-corrected chi connectivity index (χ4v) is 2.71. The Hall–Kier alpha value is -0.720. The van der Waals surface area contributed by atoms with Crippen LogP contribution in [0.2, 0.25) is 0 Å². The molecule has 96 valence electrons. The van der Waals surface area contributed by atoms with Crippen molar-refractivity contribution in [3.63, 3.8) is 0 Å². The Morgan fingerprint density at radius 3 is 2.78 bits per heavy atom. The van der Waals surface area contributed by atoms with Crippen molar-refractivity contribution < 1.29 is 4.39 Å². The molecule has 0 aliphatic carbocycles. The zero-order chi connectivity index (χ0) is 13.3. The second kappa shape index (κ2) is 5.50. The number of aryl methyl sites for hydroxylation is 1. The van der Waals surface area contributed by atoms with Crippen molar-refractivity contribution in [3.8, 4) is 0 Å².